The van der Waals surface area contributed by atoms with E-state index in [9.17, 15) is 9.18 Å². The number of carbonyl (C=O) groups is 1. The van der Waals surface area contributed by atoms with Gasteiger partial charge in [0.1, 0.15) is 11.4 Å². The molecule has 324 valence electrons. The fraction of sp³-hybridized carbons (Fsp3) is 0.288. The average Bonchev–Trinajstić information content (AvgIpc) is 3.44. The highest BCUT2D eigenvalue weighted by Gasteiger charge is 2.51. The second-order valence-corrected chi connectivity index (χ2v) is 18.9. The number of nitrogens with zero attached hydrogens (tertiary/aromatic N) is 2. The number of ether oxygens (including phenoxy) is 1. The molecule has 63 heavy (non-hydrogen) atoms. The Balaban J connectivity index is 0.000000193. The lowest BCUT2D eigenvalue weighted by Crippen LogP contribution is -2.41. The van der Waals surface area contributed by atoms with Crippen LogP contribution in [-0.4, -0.2) is 44.1 Å². The molecule has 0 saturated carbocycles. The Morgan fingerprint density at radius 2 is 1.14 bits per heavy atom. The van der Waals surface area contributed by atoms with Crippen molar-refractivity contribution in [1.29, 1.82) is 0 Å². The SMILES string of the molecule is CN1c2cc(N)ccc2-c2ccc(N)cc2C1c1ccc([18F])cc1.Cc1ccc2c(c1)C(c1ccc(B3OC(C)(C)C(C)(C)O3)cc1)N(C)c1cc(NC(=O)OC(C)(C)C)ccc1-2. The van der Waals surface area contributed by atoms with Crippen LogP contribution < -0.4 is 32.0 Å². The van der Waals surface area contributed by atoms with E-state index in [4.69, 9.17) is 25.5 Å². The van der Waals surface area contributed by atoms with Crippen molar-refractivity contribution >= 4 is 47.1 Å². The van der Waals surface area contributed by atoms with Gasteiger partial charge < -0.3 is 35.3 Å². The molecule has 3 aliphatic rings. The van der Waals surface area contributed by atoms with Crippen molar-refractivity contribution in [3.63, 3.8) is 0 Å². The summed E-state index contributed by atoms with van der Waals surface area (Å²) in [5.74, 6) is -0.241. The zero-order valence-electron chi connectivity index (χ0n) is 37.8. The summed E-state index contributed by atoms with van der Waals surface area (Å²) in [7, 11) is 3.73. The predicted molar refractivity (Wildman–Crippen MR) is 256 cm³/mol. The molecule has 1 saturated heterocycles. The van der Waals surface area contributed by atoms with Crippen molar-refractivity contribution in [2.75, 3.05) is 40.7 Å². The second kappa shape index (κ2) is 16.1. The smallest absolute Gasteiger partial charge is 0.444 e. The summed E-state index contributed by atoms with van der Waals surface area (Å²) in [5.41, 5.74) is 26.3. The largest absolute Gasteiger partial charge is 0.494 e. The molecule has 0 aromatic heterocycles. The molecule has 1 fully saturated rings. The summed E-state index contributed by atoms with van der Waals surface area (Å²) in [6.45, 7) is 16.0. The molecule has 6 aromatic rings. The number of hydrogen-bond donors (Lipinski definition) is 3. The molecule has 9 rings (SSSR count). The number of aryl methyl sites for hydroxylation is 1. The van der Waals surface area contributed by atoms with Gasteiger partial charge in [0, 0.05) is 53.7 Å². The van der Waals surface area contributed by atoms with Gasteiger partial charge in [-0.15, -0.1) is 0 Å². The van der Waals surface area contributed by atoms with Crippen LogP contribution in [0, 0.1) is 12.7 Å². The fourth-order valence-corrected chi connectivity index (χ4v) is 8.79. The number of nitrogen functional groups attached to an aromatic ring is 2. The molecule has 6 aromatic carbocycles. The van der Waals surface area contributed by atoms with Crippen LogP contribution in [0.5, 0.6) is 0 Å². The van der Waals surface area contributed by atoms with Crippen molar-refractivity contribution in [2.45, 2.75) is 84.3 Å². The Bertz CT molecular complexity index is 2680. The minimum absolute atomic E-state index is 0.00322. The normalized spacial score (nSPS) is 18.0. The summed E-state index contributed by atoms with van der Waals surface area (Å²) in [6, 6.07) is 39.7. The van der Waals surface area contributed by atoms with Crippen LogP contribution in [0.4, 0.5) is 37.6 Å². The summed E-state index contributed by atoms with van der Waals surface area (Å²) >= 11 is 0. The first-order valence-corrected chi connectivity index (χ1v) is 21.4. The van der Waals surface area contributed by atoms with Gasteiger partial charge in [0.15, 0.2) is 0 Å². The number of rotatable bonds is 4. The number of anilines is 5. The maximum atomic E-state index is 13.4. The van der Waals surface area contributed by atoms with E-state index in [0.717, 1.165) is 50.3 Å². The number of fused-ring (bicyclic) bond motifs is 6. The maximum absolute atomic E-state index is 13.4. The predicted octanol–water partition coefficient (Wildman–Crippen LogP) is 11.0. The van der Waals surface area contributed by atoms with E-state index in [0.29, 0.717) is 11.4 Å². The third-order valence-corrected chi connectivity index (χ3v) is 12.6. The molecule has 9 nitrogen and oxygen atoms in total. The minimum atomic E-state index is -0.566. The molecular formula is C52H57BFN5O4. The van der Waals surface area contributed by atoms with Crippen LogP contribution in [0.25, 0.3) is 22.3 Å². The Labute approximate surface area is 371 Å². The number of nitrogens with one attached hydrogen (secondary N) is 1. The van der Waals surface area contributed by atoms with Crippen LogP contribution in [0.15, 0.2) is 121 Å². The number of hydrogen-bond acceptors (Lipinski definition) is 8. The standard InChI is InChI=1S/C32H39BN2O4.C20H18FN3/c1-20-10-16-24-25-17-15-23(34-29(36)37-30(2,3)4)19-27(25)35(9)28(26(24)18-20)21-11-13-22(14-12-21)33-38-31(5,6)32(7,8)39-33;1-24-19-11-15(23)7-9-17(19)16-8-6-14(22)10-18(16)20(24)12-2-4-13(21)5-3-12/h10-19,28H,1-9H3,(H,34,36);2-11,20H,22-23H2,1H3/i;21-1. The zero-order valence-corrected chi connectivity index (χ0v) is 37.8. The van der Waals surface area contributed by atoms with E-state index in [-0.39, 0.29) is 29.1 Å². The lowest BCUT2D eigenvalue weighted by Gasteiger charge is -2.38. The number of nitrogens with two attached hydrogens (primary N) is 2. The molecule has 0 aliphatic carbocycles. The lowest BCUT2D eigenvalue weighted by atomic mass is 9.77. The summed E-state index contributed by atoms with van der Waals surface area (Å²) in [5, 5.41) is 2.89. The molecule has 0 radical (unpaired) electrons. The van der Waals surface area contributed by atoms with E-state index < -0.39 is 18.8 Å². The quantitative estimate of drug-likeness (QED) is 0.119. The first-order valence-electron chi connectivity index (χ1n) is 21.4. The average molecular weight is 845 g/mol. The van der Waals surface area contributed by atoms with Gasteiger partial charge >= 0.3 is 13.2 Å². The monoisotopic (exact) mass is 844 g/mol. The molecule has 3 heterocycles. The van der Waals surface area contributed by atoms with Crippen molar-refractivity contribution in [2.24, 2.45) is 0 Å². The van der Waals surface area contributed by atoms with Crippen molar-refractivity contribution < 1.29 is 23.2 Å². The highest BCUT2D eigenvalue weighted by molar-refractivity contribution is 6.62. The molecule has 2 unspecified atom stereocenters. The van der Waals surface area contributed by atoms with E-state index in [1.165, 1.54) is 34.4 Å². The van der Waals surface area contributed by atoms with E-state index in [1.54, 1.807) is 0 Å². The fourth-order valence-electron chi connectivity index (χ4n) is 8.79. The van der Waals surface area contributed by atoms with Crippen molar-refractivity contribution in [3.8, 4) is 22.3 Å². The summed E-state index contributed by atoms with van der Waals surface area (Å²) in [4.78, 5) is 16.9. The molecule has 1 amide bonds. The lowest BCUT2D eigenvalue weighted by molar-refractivity contribution is 0.00578. The Morgan fingerprint density at radius 3 is 1.71 bits per heavy atom. The Morgan fingerprint density at radius 1 is 0.667 bits per heavy atom. The van der Waals surface area contributed by atoms with Gasteiger partial charge in [-0.2, -0.15) is 0 Å². The van der Waals surface area contributed by atoms with Crippen molar-refractivity contribution in [1.82, 2.24) is 0 Å². The van der Waals surface area contributed by atoms with Crippen molar-refractivity contribution in [3.05, 3.63) is 155 Å². The van der Waals surface area contributed by atoms with Crippen LogP contribution >= 0.6 is 0 Å². The molecule has 3 aliphatic heterocycles. The zero-order chi connectivity index (χ0) is 45.2. The molecule has 11 heteroatoms. The van der Waals surface area contributed by atoms with Gasteiger partial charge in [-0.1, -0.05) is 78.4 Å². The Kier molecular flexibility index (Phi) is 11.1. The number of halogens is 1. The molecule has 0 bridgehead atoms. The summed E-state index contributed by atoms with van der Waals surface area (Å²) < 4.78 is 31.4. The third-order valence-electron chi connectivity index (χ3n) is 12.6. The second-order valence-electron chi connectivity index (χ2n) is 18.9. The Hall–Kier alpha value is -6.30. The van der Waals surface area contributed by atoms with Gasteiger partial charge in [0.25, 0.3) is 0 Å². The van der Waals surface area contributed by atoms with Crippen LogP contribution in [-0.2, 0) is 14.0 Å². The molecule has 5 N–H and O–H groups in total. The van der Waals surface area contributed by atoms with Gasteiger partial charge in [-0.3, -0.25) is 5.32 Å². The van der Waals surface area contributed by atoms with E-state index in [1.807, 2.05) is 88.5 Å². The molecule has 0 spiro atoms. The minimum Gasteiger partial charge on any atom is -0.444 e. The highest BCUT2D eigenvalue weighted by Crippen LogP contribution is 2.49. The first-order chi connectivity index (χ1) is 29.7. The summed E-state index contributed by atoms with van der Waals surface area (Å²) in [6.07, 6.45) is -0.466. The van der Waals surface area contributed by atoms with Gasteiger partial charge in [-0.05, 0) is 143 Å². The van der Waals surface area contributed by atoms with Gasteiger partial charge in [0.2, 0.25) is 0 Å². The van der Waals surface area contributed by atoms with Crippen LogP contribution in [0.3, 0.4) is 0 Å². The van der Waals surface area contributed by atoms with Crippen LogP contribution in [0.2, 0.25) is 0 Å². The van der Waals surface area contributed by atoms with E-state index in [2.05, 4.69) is 105 Å². The van der Waals surface area contributed by atoms with Crippen LogP contribution in [0.1, 0.15) is 88.4 Å². The third kappa shape index (κ3) is 8.47. The molecular weight excluding hydrogens is 787 g/mol. The van der Waals surface area contributed by atoms with E-state index >= 15 is 0 Å². The molecule has 2 atom stereocenters. The maximum Gasteiger partial charge on any atom is 0.494 e. The van der Waals surface area contributed by atoms with Gasteiger partial charge in [-0.25, -0.2) is 9.18 Å². The highest BCUT2D eigenvalue weighted by atomic mass is 18.2. The first kappa shape index (κ1) is 43.4. The number of benzene rings is 6. The number of amides is 1. The topological polar surface area (TPSA) is 115 Å². The number of carbonyl (C=O) groups excluding carboxylic acids is 1. The van der Waals surface area contributed by atoms with Gasteiger partial charge in [0.05, 0.1) is 23.3 Å².